The molecule has 0 aliphatic carbocycles. The van der Waals surface area contributed by atoms with Gasteiger partial charge in [0.15, 0.2) is 0 Å². The molecule has 0 spiro atoms. The van der Waals surface area contributed by atoms with E-state index in [1.54, 1.807) is 20.8 Å². The van der Waals surface area contributed by atoms with E-state index in [9.17, 15) is 4.79 Å². The molecule has 0 aromatic heterocycles. The van der Waals surface area contributed by atoms with Crippen molar-refractivity contribution < 1.29 is 9.53 Å². The van der Waals surface area contributed by atoms with Crippen LogP contribution in [0.5, 0.6) is 0 Å². The maximum atomic E-state index is 10.8. The highest BCUT2D eigenvalue weighted by Crippen LogP contribution is 1.97. The molecule has 3 heteroatoms. The summed E-state index contributed by atoms with van der Waals surface area (Å²) in [5.41, 5.74) is 6.35. The fourth-order valence-corrected chi connectivity index (χ4v) is 0.413. The smallest absolute Gasteiger partial charge is 0.354 e. The Balaban J connectivity index is 4.09. The minimum atomic E-state index is -0.428. The van der Waals surface area contributed by atoms with Crippen molar-refractivity contribution in [3.8, 4) is 0 Å². The van der Waals surface area contributed by atoms with Crippen molar-refractivity contribution in [2.24, 2.45) is 5.73 Å². The summed E-state index contributed by atoms with van der Waals surface area (Å²) in [5, 5.41) is 0. The fourth-order valence-electron chi connectivity index (χ4n) is 0.413. The summed E-state index contributed by atoms with van der Waals surface area (Å²) in [4.78, 5) is 10.8. The number of hydrogen-bond donors (Lipinski definition) is 1. The van der Waals surface area contributed by atoms with Gasteiger partial charge in [-0.2, -0.15) is 0 Å². The molecule has 0 rings (SSSR count). The highest BCUT2D eigenvalue weighted by molar-refractivity contribution is 5.87. The lowest BCUT2D eigenvalue weighted by molar-refractivity contribution is -0.138. The van der Waals surface area contributed by atoms with E-state index < -0.39 is 5.97 Å². The van der Waals surface area contributed by atoms with E-state index in [4.69, 9.17) is 5.73 Å². The zero-order valence-corrected chi connectivity index (χ0v) is 6.60. The van der Waals surface area contributed by atoms with E-state index in [-0.39, 0.29) is 5.70 Å². The molecule has 0 bridgehead atoms. The van der Waals surface area contributed by atoms with Crippen LogP contribution in [0.3, 0.4) is 0 Å². The summed E-state index contributed by atoms with van der Waals surface area (Å²) < 4.78 is 4.64. The van der Waals surface area contributed by atoms with E-state index in [1.807, 2.05) is 0 Å². The van der Waals surface area contributed by atoms with Gasteiger partial charge in [0.05, 0.1) is 6.61 Å². The summed E-state index contributed by atoms with van der Waals surface area (Å²) in [6.07, 6.45) is 0. The second-order valence-corrected chi connectivity index (χ2v) is 2.13. The van der Waals surface area contributed by atoms with Crippen molar-refractivity contribution in [1.29, 1.82) is 0 Å². The predicted octanol–water partition coefficient (Wildman–Crippen LogP) is 0.802. The van der Waals surface area contributed by atoms with E-state index in [0.29, 0.717) is 6.61 Å². The van der Waals surface area contributed by atoms with Gasteiger partial charge in [0.25, 0.3) is 0 Å². The predicted molar refractivity (Wildman–Crippen MR) is 39.2 cm³/mol. The topological polar surface area (TPSA) is 52.3 Å². The molecule has 0 heterocycles. The molecule has 0 aliphatic rings. The first-order valence-corrected chi connectivity index (χ1v) is 3.19. The van der Waals surface area contributed by atoms with Gasteiger partial charge in [-0.25, -0.2) is 4.79 Å². The fraction of sp³-hybridized carbons (Fsp3) is 0.571. The lowest BCUT2D eigenvalue weighted by Crippen LogP contribution is -2.15. The van der Waals surface area contributed by atoms with Crippen LogP contribution in [-0.4, -0.2) is 12.6 Å². The highest BCUT2D eigenvalue weighted by Gasteiger charge is 2.05. The van der Waals surface area contributed by atoms with Crippen LogP contribution >= 0.6 is 0 Å². The van der Waals surface area contributed by atoms with Crippen LogP contribution in [0.1, 0.15) is 20.8 Å². The minimum Gasteiger partial charge on any atom is -0.461 e. The molecular weight excluding hydrogens is 130 g/mol. The lowest BCUT2D eigenvalue weighted by atomic mass is 10.3. The summed E-state index contributed by atoms with van der Waals surface area (Å²) in [5.74, 6) is -0.428. The molecule has 0 radical (unpaired) electrons. The molecule has 10 heavy (non-hydrogen) atoms. The first kappa shape index (κ1) is 9.01. The largest absolute Gasteiger partial charge is 0.461 e. The molecule has 0 saturated carbocycles. The van der Waals surface area contributed by atoms with E-state index in [0.717, 1.165) is 5.57 Å². The molecule has 3 nitrogen and oxygen atoms in total. The summed E-state index contributed by atoms with van der Waals surface area (Å²) in [6, 6.07) is 0. The van der Waals surface area contributed by atoms with Crippen molar-refractivity contribution in [2.75, 3.05) is 6.61 Å². The van der Waals surface area contributed by atoms with Crippen molar-refractivity contribution in [1.82, 2.24) is 0 Å². The Kier molecular flexibility index (Phi) is 3.54. The van der Waals surface area contributed by atoms with Gasteiger partial charge in [0, 0.05) is 0 Å². The number of esters is 1. The highest BCUT2D eigenvalue weighted by atomic mass is 16.5. The maximum Gasteiger partial charge on any atom is 0.354 e. The van der Waals surface area contributed by atoms with Crippen molar-refractivity contribution >= 4 is 5.97 Å². The third-order valence-corrected chi connectivity index (χ3v) is 1.03. The van der Waals surface area contributed by atoms with Gasteiger partial charge in [-0.1, -0.05) is 0 Å². The number of carbonyl (C=O) groups is 1. The molecule has 58 valence electrons. The molecule has 0 aromatic carbocycles. The average molecular weight is 143 g/mol. The normalized spacial score (nSPS) is 8.70. The van der Waals surface area contributed by atoms with Gasteiger partial charge in [0.1, 0.15) is 5.70 Å². The lowest BCUT2D eigenvalue weighted by Gasteiger charge is -2.01. The zero-order valence-electron chi connectivity index (χ0n) is 6.60. The van der Waals surface area contributed by atoms with Crippen LogP contribution in [0.25, 0.3) is 0 Å². The Labute approximate surface area is 60.9 Å². The third kappa shape index (κ3) is 2.53. The van der Waals surface area contributed by atoms with E-state index in [1.165, 1.54) is 0 Å². The second kappa shape index (κ2) is 3.93. The summed E-state index contributed by atoms with van der Waals surface area (Å²) in [6.45, 7) is 5.65. The van der Waals surface area contributed by atoms with Crippen molar-refractivity contribution in [2.45, 2.75) is 20.8 Å². The number of rotatable bonds is 2. The summed E-state index contributed by atoms with van der Waals surface area (Å²) in [7, 11) is 0. The SMILES string of the molecule is CCOC(=O)C(N)=C(C)C. The van der Waals surface area contributed by atoms with Crippen LogP contribution in [0, 0.1) is 0 Å². The van der Waals surface area contributed by atoms with Gasteiger partial charge in [-0.15, -0.1) is 0 Å². The van der Waals surface area contributed by atoms with E-state index in [2.05, 4.69) is 4.74 Å². The third-order valence-electron chi connectivity index (χ3n) is 1.03. The molecule has 0 fully saturated rings. The van der Waals surface area contributed by atoms with Gasteiger partial charge in [-0.3, -0.25) is 0 Å². The van der Waals surface area contributed by atoms with Crippen molar-refractivity contribution in [3.63, 3.8) is 0 Å². The quantitative estimate of drug-likeness (QED) is 0.459. The number of allylic oxidation sites excluding steroid dienone is 1. The minimum absolute atomic E-state index is 0.210. The Bertz CT molecular complexity index is 157. The average Bonchev–Trinajstić information content (AvgIpc) is 1.87. The maximum absolute atomic E-state index is 10.8. The van der Waals surface area contributed by atoms with Gasteiger partial charge < -0.3 is 10.5 Å². The van der Waals surface area contributed by atoms with Gasteiger partial charge in [0.2, 0.25) is 0 Å². The second-order valence-electron chi connectivity index (χ2n) is 2.13. The number of nitrogens with two attached hydrogens (primary N) is 1. The Morgan fingerprint density at radius 2 is 2.00 bits per heavy atom. The molecule has 0 aromatic rings. The molecule has 0 unspecified atom stereocenters. The number of hydrogen-bond acceptors (Lipinski definition) is 3. The van der Waals surface area contributed by atoms with Crippen LogP contribution in [0.4, 0.5) is 0 Å². The standard InChI is InChI=1S/C7H13NO2/c1-4-10-7(9)6(8)5(2)3/h4,8H2,1-3H3. The van der Waals surface area contributed by atoms with Crippen molar-refractivity contribution in [3.05, 3.63) is 11.3 Å². The Morgan fingerprint density at radius 3 is 2.30 bits per heavy atom. The molecule has 0 amide bonds. The molecule has 2 N–H and O–H groups in total. The molecule has 0 saturated heterocycles. The Hall–Kier alpha value is -0.990. The molecular formula is C7H13NO2. The van der Waals surface area contributed by atoms with Crippen LogP contribution in [0.15, 0.2) is 11.3 Å². The van der Waals surface area contributed by atoms with Gasteiger partial charge in [-0.05, 0) is 26.3 Å². The van der Waals surface area contributed by atoms with Crippen LogP contribution in [-0.2, 0) is 9.53 Å². The van der Waals surface area contributed by atoms with Gasteiger partial charge >= 0.3 is 5.97 Å². The van der Waals surface area contributed by atoms with Crippen LogP contribution < -0.4 is 5.73 Å². The first-order chi connectivity index (χ1) is 4.59. The monoisotopic (exact) mass is 143 g/mol. The van der Waals surface area contributed by atoms with Crippen LogP contribution in [0.2, 0.25) is 0 Å². The molecule has 0 atom stereocenters. The Morgan fingerprint density at radius 1 is 1.50 bits per heavy atom. The number of carbonyl (C=O) groups excluding carboxylic acids is 1. The summed E-state index contributed by atoms with van der Waals surface area (Å²) >= 11 is 0. The first-order valence-electron chi connectivity index (χ1n) is 3.19. The van der Waals surface area contributed by atoms with E-state index >= 15 is 0 Å². The zero-order chi connectivity index (χ0) is 8.15. The molecule has 0 aliphatic heterocycles. The number of ether oxygens (including phenoxy) is 1.